The number of aromatic nitrogens is 2. The second-order valence-corrected chi connectivity index (χ2v) is 7.61. The SMILES string of the molecule is CCc1nn(-c2ccc(OC)cc2)c(Oc2cccc(F)c2)c1CCC(=O)NCc1ccco1. The summed E-state index contributed by atoms with van der Waals surface area (Å²) in [6, 6.07) is 16.9. The topological polar surface area (TPSA) is 78.5 Å². The van der Waals surface area contributed by atoms with E-state index in [1.807, 2.05) is 31.2 Å². The number of ether oxygens (including phenoxy) is 2. The fourth-order valence-corrected chi connectivity index (χ4v) is 3.58. The number of benzene rings is 2. The highest BCUT2D eigenvalue weighted by Gasteiger charge is 2.21. The molecule has 2 heterocycles. The second kappa shape index (κ2) is 10.7. The molecule has 1 amide bonds. The molecule has 7 nitrogen and oxygen atoms in total. The summed E-state index contributed by atoms with van der Waals surface area (Å²) in [7, 11) is 1.60. The van der Waals surface area contributed by atoms with Gasteiger partial charge in [0.05, 0.1) is 31.3 Å². The van der Waals surface area contributed by atoms with Crippen molar-refractivity contribution in [2.45, 2.75) is 32.7 Å². The molecule has 0 saturated carbocycles. The van der Waals surface area contributed by atoms with Crippen molar-refractivity contribution in [2.24, 2.45) is 0 Å². The summed E-state index contributed by atoms with van der Waals surface area (Å²) < 4.78 is 32.2. The molecule has 0 fully saturated rings. The Bertz CT molecular complexity index is 1230. The van der Waals surface area contributed by atoms with Crippen molar-refractivity contribution in [1.82, 2.24) is 15.1 Å². The van der Waals surface area contributed by atoms with E-state index in [0.717, 1.165) is 16.9 Å². The van der Waals surface area contributed by atoms with Crippen molar-refractivity contribution in [3.05, 3.63) is 89.8 Å². The average Bonchev–Trinajstić information content (AvgIpc) is 3.49. The first-order valence-corrected chi connectivity index (χ1v) is 11.0. The molecule has 0 aliphatic rings. The number of furan rings is 1. The Morgan fingerprint density at radius 1 is 1.12 bits per heavy atom. The summed E-state index contributed by atoms with van der Waals surface area (Å²) in [4.78, 5) is 12.5. The van der Waals surface area contributed by atoms with Gasteiger partial charge in [0.15, 0.2) is 0 Å². The molecule has 0 aliphatic heterocycles. The van der Waals surface area contributed by atoms with Gasteiger partial charge >= 0.3 is 0 Å². The number of carbonyl (C=O) groups excluding carboxylic acids is 1. The van der Waals surface area contributed by atoms with Crippen LogP contribution in [0.5, 0.6) is 17.4 Å². The van der Waals surface area contributed by atoms with Crippen LogP contribution in [0.4, 0.5) is 4.39 Å². The fourth-order valence-electron chi connectivity index (χ4n) is 3.58. The zero-order valence-corrected chi connectivity index (χ0v) is 19.1. The lowest BCUT2D eigenvalue weighted by molar-refractivity contribution is -0.121. The van der Waals surface area contributed by atoms with E-state index in [1.54, 1.807) is 42.3 Å². The number of hydrogen-bond acceptors (Lipinski definition) is 5. The predicted molar refractivity (Wildman–Crippen MR) is 125 cm³/mol. The molecule has 0 atom stereocenters. The highest BCUT2D eigenvalue weighted by Crippen LogP contribution is 2.33. The lowest BCUT2D eigenvalue weighted by atomic mass is 10.1. The third-order valence-corrected chi connectivity index (χ3v) is 5.32. The number of aryl methyl sites for hydroxylation is 1. The van der Waals surface area contributed by atoms with Crippen molar-refractivity contribution >= 4 is 5.91 Å². The van der Waals surface area contributed by atoms with Crippen LogP contribution in [0.15, 0.2) is 71.3 Å². The van der Waals surface area contributed by atoms with Gasteiger partial charge in [-0.2, -0.15) is 5.10 Å². The number of nitrogens with zero attached hydrogens (tertiary/aromatic N) is 2. The van der Waals surface area contributed by atoms with E-state index < -0.39 is 5.82 Å². The third kappa shape index (κ3) is 5.46. The summed E-state index contributed by atoms with van der Waals surface area (Å²) in [6.45, 7) is 2.32. The highest BCUT2D eigenvalue weighted by atomic mass is 19.1. The van der Waals surface area contributed by atoms with Crippen LogP contribution in [0.1, 0.15) is 30.4 Å². The van der Waals surface area contributed by atoms with E-state index in [4.69, 9.17) is 19.0 Å². The minimum Gasteiger partial charge on any atom is -0.497 e. The standard InChI is InChI=1S/C26H26FN3O4/c1-3-24-23(13-14-25(31)28-17-22-8-5-15-33-22)26(34-21-7-4-6-18(27)16-21)30(29-24)19-9-11-20(32-2)12-10-19/h4-12,15-16H,3,13-14,17H2,1-2H3,(H,28,31). The maximum atomic E-state index is 13.8. The van der Waals surface area contributed by atoms with Crippen molar-refractivity contribution in [2.75, 3.05) is 7.11 Å². The number of carbonyl (C=O) groups is 1. The molecule has 0 saturated heterocycles. The minimum absolute atomic E-state index is 0.118. The molecule has 176 valence electrons. The van der Waals surface area contributed by atoms with Gasteiger partial charge in [0.2, 0.25) is 11.8 Å². The zero-order chi connectivity index (χ0) is 23.9. The third-order valence-electron chi connectivity index (χ3n) is 5.32. The minimum atomic E-state index is -0.400. The molecular weight excluding hydrogens is 437 g/mol. The number of rotatable bonds is 10. The molecule has 0 unspecified atom stereocenters. The lowest BCUT2D eigenvalue weighted by Gasteiger charge is -2.12. The Morgan fingerprint density at radius 3 is 2.62 bits per heavy atom. The maximum Gasteiger partial charge on any atom is 0.226 e. The van der Waals surface area contributed by atoms with Gasteiger partial charge in [-0.25, -0.2) is 9.07 Å². The number of nitrogens with one attached hydrogen (secondary N) is 1. The number of methoxy groups -OCH3 is 1. The largest absolute Gasteiger partial charge is 0.497 e. The van der Waals surface area contributed by atoms with Crippen molar-refractivity contribution in [3.63, 3.8) is 0 Å². The second-order valence-electron chi connectivity index (χ2n) is 7.61. The molecule has 2 aromatic heterocycles. The van der Waals surface area contributed by atoms with Crippen molar-refractivity contribution in [1.29, 1.82) is 0 Å². The number of amides is 1. The Kier molecular flexibility index (Phi) is 7.27. The van der Waals surface area contributed by atoms with Crippen LogP contribution >= 0.6 is 0 Å². The molecule has 0 bridgehead atoms. The van der Waals surface area contributed by atoms with Crippen LogP contribution in [-0.4, -0.2) is 22.8 Å². The summed E-state index contributed by atoms with van der Waals surface area (Å²) in [5.41, 5.74) is 2.37. The van der Waals surface area contributed by atoms with Crippen LogP contribution in [0.3, 0.4) is 0 Å². The van der Waals surface area contributed by atoms with E-state index >= 15 is 0 Å². The first kappa shape index (κ1) is 23.1. The van der Waals surface area contributed by atoms with Gasteiger partial charge < -0.3 is 19.2 Å². The average molecular weight is 464 g/mol. The highest BCUT2D eigenvalue weighted by molar-refractivity contribution is 5.76. The molecule has 2 aromatic carbocycles. The van der Waals surface area contributed by atoms with Gasteiger partial charge in [0, 0.05) is 18.1 Å². The van der Waals surface area contributed by atoms with Gasteiger partial charge in [0.25, 0.3) is 0 Å². The Balaban J connectivity index is 1.62. The molecule has 0 aliphatic carbocycles. The van der Waals surface area contributed by atoms with Gasteiger partial charge in [-0.05, 0) is 61.4 Å². The smallest absolute Gasteiger partial charge is 0.226 e. The van der Waals surface area contributed by atoms with Crippen LogP contribution in [0, 0.1) is 5.82 Å². The van der Waals surface area contributed by atoms with Crippen molar-refractivity contribution in [3.8, 4) is 23.1 Å². The van der Waals surface area contributed by atoms with E-state index in [2.05, 4.69) is 5.32 Å². The van der Waals surface area contributed by atoms with E-state index in [9.17, 15) is 9.18 Å². The first-order chi connectivity index (χ1) is 16.6. The van der Waals surface area contributed by atoms with Crippen LogP contribution in [0.2, 0.25) is 0 Å². The predicted octanol–water partition coefficient (Wildman–Crippen LogP) is 5.22. The van der Waals surface area contributed by atoms with Crippen LogP contribution in [-0.2, 0) is 24.2 Å². The summed E-state index contributed by atoms with van der Waals surface area (Å²) in [6.07, 6.45) is 2.86. The van der Waals surface area contributed by atoms with Gasteiger partial charge in [-0.3, -0.25) is 4.79 Å². The molecule has 4 rings (SSSR count). The molecule has 0 spiro atoms. The van der Waals surface area contributed by atoms with E-state index in [-0.39, 0.29) is 12.3 Å². The number of halogens is 1. The Morgan fingerprint density at radius 2 is 1.94 bits per heavy atom. The molecule has 0 radical (unpaired) electrons. The van der Waals surface area contributed by atoms with Crippen LogP contribution < -0.4 is 14.8 Å². The molecule has 1 N–H and O–H groups in total. The normalized spacial score (nSPS) is 10.8. The monoisotopic (exact) mass is 463 g/mol. The zero-order valence-electron chi connectivity index (χ0n) is 19.1. The first-order valence-electron chi connectivity index (χ1n) is 11.0. The van der Waals surface area contributed by atoms with Gasteiger partial charge in [0.1, 0.15) is 23.1 Å². The molecule has 4 aromatic rings. The summed E-state index contributed by atoms with van der Waals surface area (Å²) in [5.74, 6) is 1.68. The summed E-state index contributed by atoms with van der Waals surface area (Å²) in [5, 5.41) is 7.60. The lowest BCUT2D eigenvalue weighted by Crippen LogP contribution is -2.22. The molecule has 34 heavy (non-hydrogen) atoms. The maximum absolute atomic E-state index is 13.8. The van der Waals surface area contributed by atoms with Gasteiger partial charge in [-0.1, -0.05) is 13.0 Å². The van der Waals surface area contributed by atoms with Crippen LogP contribution in [0.25, 0.3) is 5.69 Å². The van der Waals surface area contributed by atoms with Gasteiger partial charge in [-0.15, -0.1) is 0 Å². The summed E-state index contributed by atoms with van der Waals surface area (Å²) >= 11 is 0. The van der Waals surface area contributed by atoms with Crippen molar-refractivity contribution < 1.29 is 23.1 Å². The van der Waals surface area contributed by atoms with E-state index in [1.165, 1.54) is 12.1 Å². The molecular formula is C26H26FN3O4. The quantitative estimate of drug-likeness (QED) is 0.349. The Labute approximate surface area is 197 Å². The number of hydrogen-bond donors (Lipinski definition) is 1. The molecule has 8 heteroatoms. The fraction of sp³-hybridized carbons (Fsp3) is 0.231. The Hall–Kier alpha value is -4.07. The van der Waals surface area contributed by atoms with E-state index in [0.29, 0.717) is 42.5 Å².